The lowest BCUT2D eigenvalue weighted by Gasteiger charge is -2.29. The van der Waals surface area contributed by atoms with Crippen LogP contribution in [0.3, 0.4) is 0 Å². The fraction of sp³-hybridized carbons (Fsp3) is 0.947. The lowest BCUT2D eigenvalue weighted by atomic mass is 9.82. The van der Waals surface area contributed by atoms with Gasteiger partial charge in [0.2, 0.25) is 0 Å². The minimum atomic E-state index is -0.592. The van der Waals surface area contributed by atoms with Crippen molar-refractivity contribution in [2.75, 3.05) is 20.1 Å². The first kappa shape index (κ1) is 19.5. The van der Waals surface area contributed by atoms with E-state index in [2.05, 4.69) is 18.9 Å². The molecule has 0 saturated heterocycles. The molecule has 0 amide bonds. The standard InChI is InChI=1S/C19H37NO2/c1-3-4-5-6-7-8-9-10-15-20(2)16-17-11-13-18(14-12-17)19(21)22/h17-18H,3-16H2,1-2H3,(H,21,22). The van der Waals surface area contributed by atoms with Gasteiger partial charge in [-0.1, -0.05) is 51.9 Å². The number of carboxylic acid groups (broad SMARTS) is 1. The fourth-order valence-corrected chi connectivity index (χ4v) is 3.64. The molecule has 1 aliphatic carbocycles. The van der Waals surface area contributed by atoms with Crippen LogP contribution in [0.2, 0.25) is 0 Å². The van der Waals surface area contributed by atoms with Gasteiger partial charge in [0.1, 0.15) is 0 Å². The summed E-state index contributed by atoms with van der Waals surface area (Å²) in [5.74, 6) is 0.0506. The second-order valence-corrected chi connectivity index (χ2v) is 7.29. The van der Waals surface area contributed by atoms with E-state index in [1.54, 1.807) is 0 Å². The van der Waals surface area contributed by atoms with E-state index in [4.69, 9.17) is 5.11 Å². The van der Waals surface area contributed by atoms with Crippen LogP contribution in [-0.2, 0) is 4.79 Å². The quantitative estimate of drug-likeness (QED) is 0.518. The Bertz CT molecular complexity index is 285. The molecule has 0 aliphatic heterocycles. The smallest absolute Gasteiger partial charge is 0.306 e. The lowest BCUT2D eigenvalue weighted by molar-refractivity contribution is -0.143. The molecule has 0 unspecified atom stereocenters. The number of carbonyl (C=O) groups is 1. The molecule has 1 aliphatic rings. The molecule has 1 rings (SSSR count). The summed E-state index contributed by atoms with van der Waals surface area (Å²) in [6.07, 6.45) is 15.0. The van der Waals surface area contributed by atoms with Gasteiger partial charge in [-0.3, -0.25) is 4.79 Å². The first-order valence-electron chi connectivity index (χ1n) is 9.54. The summed E-state index contributed by atoms with van der Waals surface area (Å²) in [5.41, 5.74) is 0. The second-order valence-electron chi connectivity index (χ2n) is 7.29. The van der Waals surface area contributed by atoms with Gasteiger partial charge in [0.05, 0.1) is 5.92 Å². The second kappa shape index (κ2) is 11.9. The van der Waals surface area contributed by atoms with Gasteiger partial charge in [-0.25, -0.2) is 0 Å². The molecule has 3 heteroatoms. The first-order chi connectivity index (χ1) is 10.6. The zero-order chi connectivity index (χ0) is 16.2. The Kier molecular flexibility index (Phi) is 10.6. The average molecular weight is 312 g/mol. The van der Waals surface area contributed by atoms with Crippen LogP contribution in [0.4, 0.5) is 0 Å². The van der Waals surface area contributed by atoms with E-state index in [0.717, 1.165) is 38.1 Å². The first-order valence-corrected chi connectivity index (χ1v) is 9.54. The number of rotatable bonds is 12. The highest BCUT2D eigenvalue weighted by molar-refractivity contribution is 5.69. The number of aliphatic carboxylic acids is 1. The highest BCUT2D eigenvalue weighted by Gasteiger charge is 2.26. The molecule has 0 atom stereocenters. The van der Waals surface area contributed by atoms with Crippen molar-refractivity contribution in [2.24, 2.45) is 11.8 Å². The molecule has 1 saturated carbocycles. The molecular weight excluding hydrogens is 274 g/mol. The number of nitrogens with zero attached hydrogens (tertiary/aromatic N) is 1. The molecule has 0 radical (unpaired) electrons. The number of unbranched alkanes of at least 4 members (excludes halogenated alkanes) is 7. The predicted octanol–water partition coefficient (Wildman–Crippen LogP) is 4.95. The normalized spacial score (nSPS) is 22.1. The topological polar surface area (TPSA) is 40.5 Å². The van der Waals surface area contributed by atoms with Gasteiger partial charge in [-0.15, -0.1) is 0 Å². The maximum absolute atomic E-state index is 11.0. The predicted molar refractivity (Wildman–Crippen MR) is 93.2 cm³/mol. The molecule has 22 heavy (non-hydrogen) atoms. The Balaban J connectivity index is 1.95. The van der Waals surface area contributed by atoms with Crippen LogP contribution in [0.5, 0.6) is 0 Å². The number of hydrogen-bond donors (Lipinski definition) is 1. The molecule has 1 fully saturated rings. The third kappa shape index (κ3) is 8.77. The zero-order valence-electron chi connectivity index (χ0n) is 14.9. The van der Waals surface area contributed by atoms with E-state index >= 15 is 0 Å². The molecule has 0 heterocycles. The van der Waals surface area contributed by atoms with Crippen molar-refractivity contribution in [3.63, 3.8) is 0 Å². The van der Waals surface area contributed by atoms with Crippen molar-refractivity contribution in [1.82, 2.24) is 4.90 Å². The Morgan fingerprint density at radius 2 is 1.50 bits per heavy atom. The van der Waals surface area contributed by atoms with Gasteiger partial charge >= 0.3 is 5.97 Å². The third-order valence-electron chi connectivity index (χ3n) is 5.16. The Hall–Kier alpha value is -0.570. The molecule has 0 aromatic carbocycles. The SMILES string of the molecule is CCCCCCCCCCN(C)CC1CCC(C(=O)O)CC1. The average Bonchev–Trinajstić information content (AvgIpc) is 2.50. The van der Waals surface area contributed by atoms with Gasteiger partial charge in [-0.05, 0) is 51.6 Å². The maximum atomic E-state index is 11.0. The number of carboxylic acids is 1. The fourth-order valence-electron chi connectivity index (χ4n) is 3.64. The lowest BCUT2D eigenvalue weighted by Crippen LogP contribution is -2.30. The summed E-state index contributed by atoms with van der Waals surface area (Å²) < 4.78 is 0. The van der Waals surface area contributed by atoms with Gasteiger partial charge in [0.25, 0.3) is 0 Å². The van der Waals surface area contributed by atoms with E-state index in [1.165, 1.54) is 57.9 Å². The maximum Gasteiger partial charge on any atom is 0.306 e. The van der Waals surface area contributed by atoms with Crippen molar-refractivity contribution in [3.8, 4) is 0 Å². The highest BCUT2D eigenvalue weighted by Crippen LogP contribution is 2.29. The molecule has 1 N–H and O–H groups in total. The Morgan fingerprint density at radius 1 is 0.955 bits per heavy atom. The minimum Gasteiger partial charge on any atom is -0.481 e. The third-order valence-corrected chi connectivity index (χ3v) is 5.16. The summed E-state index contributed by atoms with van der Waals surface area (Å²) in [4.78, 5) is 13.4. The van der Waals surface area contributed by atoms with Crippen molar-refractivity contribution >= 4 is 5.97 Å². The van der Waals surface area contributed by atoms with E-state index in [9.17, 15) is 4.79 Å². The molecule has 130 valence electrons. The summed E-state index contributed by atoms with van der Waals surface area (Å²) in [5, 5.41) is 9.03. The van der Waals surface area contributed by atoms with Crippen LogP contribution in [0.15, 0.2) is 0 Å². The van der Waals surface area contributed by atoms with Crippen molar-refractivity contribution in [2.45, 2.75) is 84.0 Å². The zero-order valence-corrected chi connectivity index (χ0v) is 14.9. The highest BCUT2D eigenvalue weighted by atomic mass is 16.4. The van der Waals surface area contributed by atoms with Gasteiger partial charge in [-0.2, -0.15) is 0 Å². The van der Waals surface area contributed by atoms with Crippen molar-refractivity contribution < 1.29 is 9.90 Å². The molecule has 0 spiro atoms. The van der Waals surface area contributed by atoms with Gasteiger partial charge in [0, 0.05) is 6.54 Å². The van der Waals surface area contributed by atoms with E-state index < -0.39 is 5.97 Å². The largest absolute Gasteiger partial charge is 0.481 e. The molecule has 0 aromatic rings. The summed E-state index contributed by atoms with van der Waals surface area (Å²) in [6, 6.07) is 0. The molecule has 3 nitrogen and oxygen atoms in total. The monoisotopic (exact) mass is 311 g/mol. The van der Waals surface area contributed by atoms with Crippen LogP contribution >= 0.6 is 0 Å². The van der Waals surface area contributed by atoms with Gasteiger partial charge in [0.15, 0.2) is 0 Å². The van der Waals surface area contributed by atoms with E-state index in [0.29, 0.717) is 0 Å². The summed E-state index contributed by atoms with van der Waals surface area (Å²) in [6.45, 7) is 4.63. The van der Waals surface area contributed by atoms with Gasteiger partial charge < -0.3 is 10.0 Å². The Morgan fingerprint density at radius 3 is 2.05 bits per heavy atom. The van der Waals surface area contributed by atoms with Crippen LogP contribution in [-0.4, -0.2) is 36.1 Å². The molecule has 0 bridgehead atoms. The Labute approximate surface area is 137 Å². The van der Waals surface area contributed by atoms with E-state index in [1.807, 2.05) is 0 Å². The summed E-state index contributed by atoms with van der Waals surface area (Å²) >= 11 is 0. The van der Waals surface area contributed by atoms with Crippen molar-refractivity contribution in [3.05, 3.63) is 0 Å². The van der Waals surface area contributed by atoms with Crippen LogP contribution in [0.1, 0.15) is 84.0 Å². The van der Waals surface area contributed by atoms with Crippen LogP contribution in [0, 0.1) is 11.8 Å². The minimum absolute atomic E-state index is 0.0748. The van der Waals surface area contributed by atoms with Crippen molar-refractivity contribution in [1.29, 1.82) is 0 Å². The van der Waals surface area contributed by atoms with Crippen LogP contribution in [0.25, 0.3) is 0 Å². The summed E-state index contributed by atoms with van der Waals surface area (Å²) in [7, 11) is 2.23. The number of hydrogen-bond acceptors (Lipinski definition) is 2. The molecular formula is C19H37NO2. The molecule has 0 aromatic heterocycles. The van der Waals surface area contributed by atoms with E-state index in [-0.39, 0.29) is 5.92 Å². The van der Waals surface area contributed by atoms with Crippen LogP contribution < -0.4 is 0 Å².